The molecule has 1 aliphatic rings. The lowest BCUT2D eigenvalue weighted by molar-refractivity contribution is -0.0575. The first-order valence-corrected chi connectivity index (χ1v) is 5.36. The average molecular weight is 183 g/mol. The molecular formula is C11H21NO. The van der Waals surface area contributed by atoms with E-state index in [1.165, 1.54) is 31.4 Å². The van der Waals surface area contributed by atoms with E-state index in [9.17, 15) is 0 Å². The maximum atomic E-state index is 5.83. The van der Waals surface area contributed by atoms with E-state index in [2.05, 4.69) is 25.8 Å². The Bertz CT molecular complexity index is 181. The van der Waals surface area contributed by atoms with Crippen molar-refractivity contribution in [1.82, 2.24) is 0 Å². The molecule has 0 atom stereocenters. The second-order valence-corrected chi connectivity index (χ2v) is 4.03. The van der Waals surface area contributed by atoms with Crippen LogP contribution in [0.15, 0.2) is 4.99 Å². The lowest BCUT2D eigenvalue weighted by Crippen LogP contribution is -2.37. The summed E-state index contributed by atoms with van der Waals surface area (Å²) in [6.07, 6.45) is 5.79. The van der Waals surface area contributed by atoms with Crippen molar-refractivity contribution in [2.45, 2.75) is 58.5 Å². The normalized spacial score (nSPS) is 21.3. The molecule has 2 nitrogen and oxygen atoms in total. The van der Waals surface area contributed by atoms with Crippen molar-refractivity contribution in [2.75, 3.05) is 6.73 Å². The zero-order valence-corrected chi connectivity index (χ0v) is 9.10. The van der Waals surface area contributed by atoms with Crippen LogP contribution in [-0.2, 0) is 4.74 Å². The molecule has 0 aromatic carbocycles. The van der Waals surface area contributed by atoms with Gasteiger partial charge in [-0.15, -0.1) is 0 Å². The monoisotopic (exact) mass is 183 g/mol. The third-order valence-corrected chi connectivity index (χ3v) is 2.69. The number of ether oxygens (including phenoxy) is 1. The van der Waals surface area contributed by atoms with E-state index in [0.717, 1.165) is 6.42 Å². The molecular weight excluding hydrogens is 162 g/mol. The Balaban J connectivity index is 2.61. The topological polar surface area (TPSA) is 21.6 Å². The van der Waals surface area contributed by atoms with Crippen molar-refractivity contribution < 1.29 is 4.74 Å². The van der Waals surface area contributed by atoms with E-state index < -0.39 is 0 Å². The molecule has 76 valence electrons. The van der Waals surface area contributed by atoms with Gasteiger partial charge in [-0.3, -0.25) is 4.99 Å². The van der Waals surface area contributed by atoms with Crippen LogP contribution in [0.25, 0.3) is 0 Å². The number of nitrogens with zero attached hydrogens (tertiary/aromatic N) is 1. The number of rotatable bonds is 4. The summed E-state index contributed by atoms with van der Waals surface area (Å²) in [4.78, 5) is 4.28. The van der Waals surface area contributed by atoms with Crippen LogP contribution >= 0.6 is 0 Å². The molecule has 0 aromatic rings. The average Bonchev–Trinajstić information content (AvgIpc) is 2.04. The minimum atomic E-state index is 0.120. The third-order valence-electron chi connectivity index (χ3n) is 2.69. The van der Waals surface area contributed by atoms with Crippen molar-refractivity contribution in [3.05, 3.63) is 0 Å². The van der Waals surface area contributed by atoms with Crippen molar-refractivity contribution in [2.24, 2.45) is 4.99 Å². The molecule has 0 spiro atoms. The smallest absolute Gasteiger partial charge is 0.138 e. The van der Waals surface area contributed by atoms with E-state index in [1.54, 1.807) is 0 Å². The molecule has 0 saturated carbocycles. The standard InChI is InChI=1S/C11H21NO/c1-4-6-11(7-5-2)8-10(3)12-9-13-11/h4-9H2,1-3H3. The minimum Gasteiger partial charge on any atom is -0.352 e. The maximum absolute atomic E-state index is 5.83. The molecule has 0 bridgehead atoms. The summed E-state index contributed by atoms with van der Waals surface area (Å²) in [6, 6.07) is 0. The predicted octanol–water partition coefficient (Wildman–Crippen LogP) is 3.16. The molecule has 0 saturated heterocycles. The number of aliphatic imine (C=N–C) groups is 1. The fourth-order valence-corrected chi connectivity index (χ4v) is 2.21. The van der Waals surface area contributed by atoms with Crippen LogP contribution in [0.5, 0.6) is 0 Å². The lowest BCUT2D eigenvalue weighted by Gasteiger charge is -2.36. The van der Waals surface area contributed by atoms with E-state index >= 15 is 0 Å². The largest absolute Gasteiger partial charge is 0.352 e. The molecule has 0 aromatic heterocycles. The molecule has 0 fully saturated rings. The van der Waals surface area contributed by atoms with Gasteiger partial charge in [0, 0.05) is 12.1 Å². The van der Waals surface area contributed by atoms with Gasteiger partial charge in [0.1, 0.15) is 6.73 Å². The van der Waals surface area contributed by atoms with Crippen LogP contribution in [0, 0.1) is 0 Å². The van der Waals surface area contributed by atoms with Gasteiger partial charge in [0.2, 0.25) is 0 Å². The number of hydrogen-bond donors (Lipinski definition) is 0. The summed E-state index contributed by atoms with van der Waals surface area (Å²) in [7, 11) is 0. The highest BCUT2D eigenvalue weighted by atomic mass is 16.5. The van der Waals surface area contributed by atoms with Crippen LogP contribution in [0.2, 0.25) is 0 Å². The summed E-state index contributed by atoms with van der Waals surface area (Å²) in [5, 5.41) is 0. The number of hydrogen-bond acceptors (Lipinski definition) is 2. The Labute approximate surface area is 81.4 Å². The third kappa shape index (κ3) is 2.80. The van der Waals surface area contributed by atoms with Gasteiger partial charge in [-0.2, -0.15) is 0 Å². The van der Waals surface area contributed by atoms with E-state index in [-0.39, 0.29) is 5.60 Å². The highest BCUT2D eigenvalue weighted by molar-refractivity contribution is 5.83. The Morgan fingerprint density at radius 2 is 1.92 bits per heavy atom. The van der Waals surface area contributed by atoms with Crippen LogP contribution in [0.1, 0.15) is 52.9 Å². The lowest BCUT2D eigenvalue weighted by atomic mass is 9.87. The Hall–Kier alpha value is -0.370. The molecule has 1 aliphatic heterocycles. The Morgan fingerprint density at radius 3 is 2.38 bits per heavy atom. The van der Waals surface area contributed by atoms with Crippen molar-refractivity contribution in [1.29, 1.82) is 0 Å². The first-order chi connectivity index (χ1) is 6.22. The molecule has 13 heavy (non-hydrogen) atoms. The van der Waals surface area contributed by atoms with E-state index in [1.807, 2.05) is 0 Å². The van der Waals surface area contributed by atoms with Crippen LogP contribution < -0.4 is 0 Å². The zero-order chi connectivity index (χ0) is 9.73. The van der Waals surface area contributed by atoms with Gasteiger partial charge in [-0.05, 0) is 19.8 Å². The summed E-state index contributed by atoms with van der Waals surface area (Å²) in [5.74, 6) is 0. The van der Waals surface area contributed by atoms with Gasteiger partial charge in [0.25, 0.3) is 0 Å². The highest BCUT2D eigenvalue weighted by Gasteiger charge is 2.31. The SMILES string of the molecule is CCCC1(CCC)CC(C)=NCO1. The van der Waals surface area contributed by atoms with Crippen molar-refractivity contribution >= 4 is 5.71 Å². The molecule has 1 rings (SSSR count). The van der Waals surface area contributed by atoms with Gasteiger partial charge >= 0.3 is 0 Å². The fourth-order valence-electron chi connectivity index (χ4n) is 2.21. The highest BCUT2D eigenvalue weighted by Crippen LogP contribution is 2.31. The Kier molecular flexibility index (Phi) is 3.91. The van der Waals surface area contributed by atoms with Gasteiger partial charge in [0.05, 0.1) is 5.60 Å². The molecule has 0 amide bonds. The van der Waals surface area contributed by atoms with Crippen LogP contribution in [0.4, 0.5) is 0 Å². The van der Waals surface area contributed by atoms with E-state index in [0.29, 0.717) is 6.73 Å². The van der Waals surface area contributed by atoms with Gasteiger partial charge in [0.15, 0.2) is 0 Å². The predicted molar refractivity (Wildman–Crippen MR) is 56.2 cm³/mol. The van der Waals surface area contributed by atoms with E-state index in [4.69, 9.17) is 4.74 Å². The summed E-state index contributed by atoms with van der Waals surface area (Å²) in [5.41, 5.74) is 1.38. The quantitative estimate of drug-likeness (QED) is 0.656. The van der Waals surface area contributed by atoms with Gasteiger partial charge in [-0.25, -0.2) is 0 Å². The van der Waals surface area contributed by atoms with Gasteiger partial charge in [-0.1, -0.05) is 26.7 Å². The van der Waals surface area contributed by atoms with Crippen molar-refractivity contribution in [3.63, 3.8) is 0 Å². The molecule has 0 aliphatic carbocycles. The molecule has 1 heterocycles. The second-order valence-electron chi connectivity index (χ2n) is 4.03. The summed E-state index contributed by atoms with van der Waals surface area (Å²) < 4.78 is 5.83. The van der Waals surface area contributed by atoms with Gasteiger partial charge < -0.3 is 4.74 Å². The van der Waals surface area contributed by atoms with Crippen molar-refractivity contribution in [3.8, 4) is 0 Å². The minimum absolute atomic E-state index is 0.120. The zero-order valence-electron chi connectivity index (χ0n) is 9.10. The summed E-state index contributed by atoms with van der Waals surface area (Å²) >= 11 is 0. The summed E-state index contributed by atoms with van der Waals surface area (Å²) in [6.45, 7) is 7.14. The first-order valence-electron chi connectivity index (χ1n) is 5.36. The fraction of sp³-hybridized carbons (Fsp3) is 0.909. The van der Waals surface area contributed by atoms with Crippen LogP contribution in [-0.4, -0.2) is 18.0 Å². The molecule has 0 radical (unpaired) electrons. The Morgan fingerprint density at radius 1 is 1.31 bits per heavy atom. The molecule has 0 unspecified atom stereocenters. The maximum Gasteiger partial charge on any atom is 0.138 e. The molecule has 0 N–H and O–H groups in total. The molecule has 2 heteroatoms. The first kappa shape index (κ1) is 10.7. The second kappa shape index (κ2) is 4.75. The van der Waals surface area contributed by atoms with Crippen LogP contribution in [0.3, 0.4) is 0 Å².